The molecule has 1 aromatic rings. The van der Waals surface area contributed by atoms with Gasteiger partial charge in [0.05, 0.1) is 0 Å². The minimum atomic E-state index is -0.0357. The third-order valence-electron chi connectivity index (χ3n) is 5.09. The van der Waals surface area contributed by atoms with Gasteiger partial charge in [0.2, 0.25) is 5.91 Å². The number of anilines is 1. The van der Waals surface area contributed by atoms with E-state index in [0.717, 1.165) is 44.6 Å². The number of nitrogens with zero attached hydrogens (tertiary/aromatic N) is 2. The van der Waals surface area contributed by atoms with Gasteiger partial charge in [-0.25, -0.2) is 0 Å². The average Bonchev–Trinajstić information content (AvgIpc) is 3.01. The van der Waals surface area contributed by atoms with E-state index in [2.05, 4.69) is 24.1 Å². The zero-order chi connectivity index (χ0) is 17.1. The second-order valence-corrected chi connectivity index (χ2v) is 7.08. The van der Waals surface area contributed by atoms with E-state index < -0.39 is 0 Å². The Balaban J connectivity index is 1.60. The molecule has 24 heavy (non-hydrogen) atoms. The van der Waals surface area contributed by atoms with Crippen LogP contribution in [-0.4, -0.2) is 48.4 Å². The van der Waals surface area contributed by atoms with Crippen molar-refractivity contribution in [3.8, 4) is 0 Å². The average molecular weight is 329 g/mol. The fraction of sp³-hybridized carbons (Fsp3) is 0.579. The highest BCUT2D eigenvalue weighted by Crippen LogP contribution is 2.22. The van der Waals surface area contributed by atoms with E-state index in [1.165, 1.54) is 0 Å². The minimum absolute atomic E-state index is 0.0357. The number of rotatable bonds is 4. The molecule has 5 heteroatoms. The molecule has 1 aromatic carbocycles. The largest absolute Gasteiger partial charge is 0.349 e. The molecule has 0 spiro atoms. The maximum atomic E-state index is 12.5. The molecule has 0 aromatic heterocycles. The number of carbonyl (C=O) groups is 2. The van der Waals surface area contributed by atoms with Crippen molar-refractivity contribution in [1.29, 1.82) is 0 Å². The van der Waals surface area contributed by atoms with Crippen molar-refractivity contribution in [3.63, 3.8) is 0 Å². The fourth-order valence-electron chi connectivity index (χ4n) is 3.57. The summed E-state index contributed by atoms with van der Waals surface area (Å²) in [4.78, 5) is 28.7. The molecule has 5 nitrogen and oxygen atoms in total. The Morgan fingerprint density at radius 2 is 1.96 bits per heavy atom. The maximum Gasteiger partial charge on any atom is 0.251 e. The van der Waals surface area contributed by atoms with Gasteiger partial charge in [-0.2, -0.15) is 0 Å². The van der Waals surface area contributed by atoms with Crippen LogP contribution in [0.3, 0.4) is 0 Å². The summed E-state index contributed by atoms with van der Waals surface area (Å²) in [6, 6.07) is 8.23. The molecule has 0 atom stereocenters. The number of piperidine rings is 1. The molecular weight excluding hydrogens is 302 g/mol. The van der Waals surface area contributed by atoms with E-state index in [0.29, 0.717) is 18.0 Å². The Hall–Kier alpha value is -1.88. The van der Waals surface area contributed by atoms with Crippen LogP contribution in [0.1, 0.15) is 49.9 Å². The first kappa shape index (κ1) is 17.0. The van der Waals surface area contributed by atoms with Crippen LogP contribution < -0.4 is 10.2 Å². The van der Waals surface area contributed by atoms with Gasteiger partial charge in [0.25, 0.3) is 5.91 Å². The second-order valence-electron chi connectivity index (χ2n) is 7.08. The Morgan fingerprint density at radius 1 is 1.21 bits per heavy atom. The fourth-order valence-corrected chi connectivity index (χ4v) is 3.57. The van der Waals surface area contributed by atoms with Gasteiger partial charge in [-0.05, 0) is 51.3 Å². The predicted molar refractivity (Wildman–Crippen MR) is 95.2 cm³/mol. The molecule has 0 saturated carbocycles. The molecule has 2 saturated heterocycles. The van der Waals surface area contributed by atoms with Gasteiger partial charge < -0.3 is 15.1 Å². The van der Waals surface area contributed by atoms with Crippen LogP contribution in [0, 0.1) is 0 Å². The third-order valence-corrected chi connectivity index (χ3v) is 5.09. The molecule has 2 fully saturated rings. The molecule has 3 rings (SSSR count). The van der Waals surface area contributed by atoms with Crippen molar-refractivity contribution in [2.45, 2.75) is 51.6 Å². The summed E-state index contributed by atoms with van der Waals surface area (Å²) in [6.07, 6.45) is 3.48. The molecule has 130 valence electrons. The second kappa shape index (κ2) is 7.34. The molecular formula is C19H27N3O2. The van der Waals surface area contributed by atoms with Gasteiger partial charge in [-0.3, -0.25) is 9.59 Å². The quantitative estimate of drug-likeness (QED) is 0.923. The Kier molecular flexibility index (Phi) is 5.19. The number of nitrogens with one attached hydrogen (secondary N) is 1. The van der Waals surface area contributed by atoms with Crippen molar-refractivity contribution in [2.75, 3.05) is 24.5 Å². The number of benzene rings is 1. The van der Waals surface area contributed by atoms with E-state index in [1.54, 1.807) is 4.90 Å². The molecule has 0 aliphatic carbocycles. The molecule has 0 radical (unpaired) electrons. The maximum absolute atomic E-state index is 12.5. The van der Waals surface area contributed by atoms with E-state index in [9.17, 15) is 9.59 Å². The van der Waals surface area contributed by atoms with E-state index in [4.69, 9.17) is 0 Å². The molecule has 2 aliphatic heterocycles. The van der Waals surface area contributed by atoms with E-state index in [-0.39, 0.29) is 17.9 Å². The standard InChI is InChI=1S/C19H27N3O2/c1-14(2)21-11-8-16(9-12-21)20-19(24)15-5-3-6-17(13-15)22-10-4-7-18(22)23/h3,5-6,13-14,16H,4,7-12H2,1-2H3,(H,20,24). The molecule has 2 heterocycles. The van der Waals surface area contributed by atoms with Crippen molar-refractivity contribution < 1.29 is 9.59 Å². The van der Waals surface area contributed by atoms with Crippen molar-refractivity contribution in [2.24, 2.45) is 0 Å². The van der Waals surface area contributed by atoms with Gasteiger partial charge in [-0.15, -0.1) is 0 Å². The smallest absolute Gasteiger partial charge is 0.251 e. The van der Waals surface area contributed by atoms with E-state index in [1.807, 2.05) is 24.3 Å². The van der Waals surface area contributed by atoms with Gasteiger partial charge in [0.15, 0.2) is 0 Å². The highest BCUT2D eigenvalue weighted by molar-refractivity contribution is 5.99. The molecule has 0 unspecified atom stereocenters. The summed E-state index contributed by atoms with van der Waals surface area (Å²) >= 11 is 0. The molecule has 1 N–H and O–H groups in total. The first-order valence-corrected chi connectivity index (χ1v) is 9.00. The van der Waals surface area contributed by atoms with Crippen molar-refractivity contribution in [3.05, 3.63) is 29.8 Å². The van der Waals surface area contributed by atoms with Crippen LogP contribution >= 0.6 is 0 Å². The number of likely N-dealkylation sites (tertiary alicyclic amines) is 1. The zero-order valence-electron chi connectivity index (χ0n) is 14.6. The Labute approximate surface area is 144 Å². The minimum Gasteiger partial charge on any atom is -0.349 e. The van der Waals surface area contributed by atoms with Crippen molar-refractivity contribution in [1.82, 2.24) is 10.2 Å². The lowest BCUT2D eigenvalue weighted by molar-refractivity contribution is -0.117. The van der Waals surface area contributed by atoms with Crippen LogP contribution in [0.5, 0.6) is 0 Å². The van der Waals surface area contributed by atoms with Crippen molar-refractivity contribution >= 4 is 17.5 Å². The highest BCUT2D eigenvalue weighted by atomic mass is 16.2. The van der Waals surface area contributed by atoms with E-state index >= 15 is 0 Å². The molecule has 0 bridgehead atoms. The normalized spacial score (nSPS) is 20.0. The lowest BCUT2D eigenvalue weighted by Crippen LogP contribution is -2.46. The van der Waals surface area contributed by atoms with Crippen LogP contribution in [0.15, 0.2) is 24.3 Å². The number of carbonyl (C=O) groups excluding carboxylic acids is 2. The number of hydrogen-bond donors (Lipinski definition) is 1. The lowest BCUT2D eigenvalue weighted by Gasteiger charge is -2.34. The Bertz CT molecular complexity index is 606. The summed E-state index contributed by atoms with van der Waals surface area (Å²) in [5.41, 5.74) is 1.47. The summed E-state index contributed by atoms with van der Waals surface area (Å²) in [5, 5.41) is 3.15. The summed E-state index contributed by atoms with van der Waals surface area (Å²) < 4.78 is 0. The summed E-state index contributed by atoms with van der Waals surface area (Å²) in [5.74, 6) is 0.111. The van der Waals surface area contributed by atoms with Crippen LogP contribution in [0.2, 0.25) is 0 Å². The van der Waals surface area contributed by atoms with Gasteiger partial charge in [-0.1, -0.05) is 6.07 Å². The van der Waals surface area contributed by atoms with Gasteiger partial charge in [0.1, 0.15) is 0 Å². The summed E-state index contributed by atoms with van der Waals surface area (Å²) in [7, 11) is 0. The first-order chi connectivity index (χ1) is 11.5. The lowest BCUT2D eigenvalue weighted by atomic mass is 10.0. The molecule has 2 aliphatic rings. The van der Waals surface area contributed by atoms with Crippen LogP contribution in [0.25, 0.3) is 0 Å². The topological polar surface area (TPSA) is 52.7 Å². The first-order valence-electron chi connectivity index (χ1n) is 9.00. The monoisotopic (exact) mass is 329 g/mol. The van der Waals surface area contributed by atoms with Crippen LogP contribution in [0.4, 0.5) is 5.69 Å². The van der Waals surface area contributed by atoms with Gasteiger partial charge >= 0.3 is 0 Å². The summed E-state index contributed by atoms with van der Waals surface area (Å²) in [6.45, 7) is 7.24. The Morgan fingerprint density at radius 3 is 2.58 bits per heavy atom. The number of amides is 2. The molecule has 2 amide bonds. The van der Waals surface area contributed by atoms with Gasteiger partial charge in [0, 0.05) is 49.4 Å². The SMILES string of the molecule is CC(C)N1CCC(NC(=O)c2cccc(N3CCCC3=O)c2)CC1. The predicted octanol–water partition coefficient (Wildman–Crippen LogP) is 2.42. The van der Waals surface area contributed by atoms with Crippen LogP contribution in [-0.2, 0) is 4.79 Å². The zero-order valence-corrected chi connectivity index (χ0v) is 14.6. The number of hydrogen-bond acceptors (Lipinski definition) is 3. The highest BCUT2D eigenvalue weighted by Gasteiger charge is 2.24. The third kappa shape index (κ3) is 3.78.